The highest BCUT2D eigenvalue weighted by molar-refractivity contribution is 7.71. The average Bonchev–Trinajstić information content (AvgIpc) is 3.24. The number of aromatic amines is 1. The second kappa shape index (κ2) is 5.35. The highest BCUT2D eigenvalue weighted by atomic mass is 32.1. The third-order valence-corrected chi connectivity index (χ3v) is 4.77. The van der Waals surface area contributed by atoms with Crippen molar-refractivity contribution in [1.29, 1.82) is 0 Å². The fourth-order valence-corrected chi connectivity index (χ4v) is 3.03. The van der Waals surface area contributed by atoms with Crippen LogP contribution in [0, 0.1) is 22.4 Å². The van der Waals surface area contributed by atoms with Crippen LogP contribution < -0.4 is 0 Å². The van der Waals surface area contributed by atoms with Gasteiger partial charge in [-0.2, -0.15) is 0 Å². The van der Waals surface area contributed by atoms with Crippen LogP contribution in [-0.4, -0.2) is 19.9 Å². The highest BCUT2D eigenvalue weighted by Crippen LogP contribution is 2.46. The number of aromatic nitrogens is 3. The van der Waals surface area contributed by atoms with E-state index in [9.17, 15) is 9.50 Å². The van der Waals surface area contributed by atoms with Crippen LogP contribution in [-0.2, 0) is 12.1 Å². The summed E-state index contributed by atoms with van der Waals surface area (Å²) in [5, 5.41) is 14.2. The van der Waals surface area contributed by atoms with E-state index in [1.165, 1.54) is 18.5 Å². The molecule has 0 spiro atoms. The van der Waals surface area contributed by atoms with E-state index in [2.05, 4.69) is 10.1 Å². The van der Waals surface area contributed by atoms with Crippen LogP contribution in [0.4, 0.5) is 4.39 Å². The Morgan fingerprint density at radius 2 is 2.14 bits per heavy atom. The zero-order chi connectivity index (χ0) is 15.0. The number of rotatable bonds is 5. The molecule has 21 heavy (non-hydrogen) atoms. The van der Waals surface area contributed by atoms with Gasteiger partial charge in [0.1, 0.15) is 17.7 Å². The van der Waals surface area contributed by atoms with Crippen LogP contribution in [0.2, 0.25) is 0 Å². The molecule has 2 aromatic rings. The minimum absolute atomic E-state index is 0.0631. The minimum atomic E-state index is -1.10. The van der Waals surface area contributed by atoms with Crippen molar-refractivity contribution in [2.45, 2.75) is 31.9 Å². The standard InChI is InChI=1S/C15H18FN3OS/c1-10(11-2-3-11)15(20,8-19-14(21)17-9-18-19)12-4-6-13(16)7-5-12/h4-7,9-11,20H,2-3,8H2,1H3,(H,17,18,21). The van der Waals surface area contributed by atoms with Crippen molar-refractivity contribution < 1.29 is 9.50 Å². The first-order chi connectivity index (χ1) is 10.0. The monoisotopic (exact) mass is 307 g/mol. The van der Waals surface area contributed by atoms with E-state index in [-0.39, 0.29) is 18.3 Å². The Hall–Kier alpha value is -1.53. The lowest BCUT2D eigenvalue weighted by Crippen LogP contribution is -2.39. The lowest BCUT2D eigenvalue weighted by molar-refractivity contribution is -0.0446. The molecule has 112 valence electrons. The maximum atomic E-state index is 13.2. The molecule has 2 atom stereocenters. The second-order valence-electron chi connectivity index (χ2n) is 5.81. The van der Waals surface area contributed by atoms with Crippen molar-refractivity contribution in [1.82, 2.24) is 14.8 Å². The van der Waals surface area contributed by atoms with Gasteiger partial charge in [0.05, 0.1) is 6.54 Å². The Kier molecular flexibility index (Phi) is 3.67. The van der Waals surface area contributed by atoms with Crippen molar-refractivity contribution in [3.8, 4) is 0 Å². The Bertz CT molecular complexity index is 677. The maximum absolute atomic E-state index is 13.2. The molecule has 0 bridgehead atoms. The van der Waals surface area contributed by atoms with Crippen LogP contribution in [0.15, 0.2) is 30.6 Å². The van der Waals surface area contributed by atoms with E-state index < -0.39 is 5.60 Å². The van der Waals surface area contributed by atoms with Gasteiger partial charge in [-0.1, -0.05) is 19.1 Å². The molecule has 1 aromatic heterocycles. The van der Waals surface area contributed by atoms with Crippen LogP contribution in [0.25, 0.3) is 0 Å². The molecule has 1 saturated carbocycles. The van der Waals surface area contributed by atoms with Gasteiger partial charge in [0, 0.05) is 0 Å². The van der Waals surface area contributed by atoms with E-state index in [4.69, 9.17) is 12.2 Å². The van der Waals surface area contributed by atoms with E-state index >= 15 is 0 Å². The highest BCUT2D eigenvalue weighted by Gasteiger charge is 2.44. The molecular weight excluding hydrogens is 289 g/mol. The Morgan fingerprint density at radius 1 is 1.48 bits per heavy atom. The number of H-pyrrole nitrogens is 1. The van der Waals surface area contributed by atoms with Gasteiger partial charge in [-0.3, -0.25) is 9.78 Å². The van der Waals surface area contributed by atoms with Crippen molar-refractivity contribution >= 4 is 12.2 Å². The molecule has 4 nitrogen and oxygen atoms in total. The zero-order valence-corrected chi connectivity index (χ0v) is 12.6. The van der Waals surface area contributed by atoms with Crippen molar-refractivity contribution in [3.05, 3.63) is 46.7 Å². The molecule has 0 saturated heterocycles. The smallest absolute Gasteiger partial charge is 0.215 e. The molecule has 1 aromatic carbocycles. The second-order valence-corrected chi connectivity index (χ2v) is 6.18. The summed E-state index contributed by atoms with van der Waals surface area (Å²) < 4.78 is 15.2. The summed E-state index contributed by atoms with van der Waals surface area (Å²) in [5.74, 6) is 0.253. The third-order valence-electron chi connectivity index (χ3n) is 4.45. The minimum Gasteiger partial charge on any atom is -0.383 e. The summed E-state index contributed by atoms with van der Waals surface area (Å²) in [4.78, 5) is 3.98. The predicted octanol–water partition coefficient (Wildman–Crippen LogP) is 3.01. The van der Waals surface area contributed by atoms with Gasteiger partial charge in [0.15, 0.2) is 0 Å². The van der Waals surface area contributed by atoms with Crippen LogP contribution in [0.3, 0.4) is 0 Å². The van der Waals surface area contributed by atoms with Crippen LogP contribution >= 0.6 is 12.2 Å². The van der Waals surface area contributed by atoms with E-state index in [1.54, 1.807) is 16.8 Å². The molecule has 1 aliphatic carbocycles. The first-order valence-electron chi connectivity index (χ1n) is 7.09. The lowest BCUT2D eigenvalue weighted by Gasteiger charge is -2.35. The number of aliphatic hydroxyl groups is 1. The number of nitrogens with zero attached hydrogens (tertiary/aromatic N) is 2. The van der Waals surface area contributed by atoms with E-state index in [1.807, 2.05) is 6.92 Å². The quantitative estimate of drug-likeness (QED) is 0.835. The molecule has 1 heterocycles. The fraction of sp³-hybridized carbons (Fsp3) is 0.467. The summed E-state index contributed by atoms with van der Waals surface area (Å²) >= 11 is 5.14. The fourth-order valence-electron chi connectivity index (χ4n) is 2.86. The van der Waals surface area contributed by atoms with E-state index in [0.29, 0.717) is 16.3 Å². The van der Waals surface area contributed by atoms with Gasteiger partial charge < -0.3 is 5.11 Å². The Labute approximate surface area is 127 Å². The van der Waals surface area contributed by atoms with Gasteiger partial charge in [0.25, 0.3) is 0 Å². The maximum Gasteiger partial charge on any atom is 0.215 e. The molecule has 6 heteroatoms. The van der Waals surface area contributed by atoms with E-state index in [0.717, 1.165) is 12.8 Å². The molecule has 2 unspecified atom stereocenters. The number of hydrogen-bond donors (Lipinski definition) is 2. The number of halogens is 1. The molecule has 1 aliphatic rings. The normalized spacial score (nSPS) is 19.2. The number of hydrogen-bond acceptors (Lipinski definition) is 3. The number of benzene rings is 1. The topological polar surface area (TPSA) is 53.8 Å². The summed E-state index contributed by atoms with van der Waals surface area (Å²) in [5.41, 5.74) is -0.389. The molecule has 0 radical (unpaired) electrons. The largest absolute Gasteiger partial charge is 0.383 e. The summed E-state index contributed by atoms with van der Waals surface area (Å²) in [7, 11) is 0. The SMILES string of the molecule is CC(C1CC1)C(O)(Cn1[nH]cnc1=S)c1ccc(F)cc1. The molecule has 3 rings (SSSR count). The number of nitrogens with one attached hydrogen (secondary N) is 1. The zero-order valence-electron chi connectivity index (χ0n) is 11.8. The van der Waals surface area contributed by atoms with Gasteiger partial charge >= 0.3 is 0 Å². The van der Waals surface area contributed by atoms with Crippen LogP contribution in [0.1, 0.15) is 25.3 Å². The average molecular weight is 307 g/mol. The van der Waals surface area contributed by atoms with Crippen molar-refractivity contribution in [2.24, 2.45) is 11.8 Å². The Morgan fingerprint density at radius 3 is 2.67 bits per heavy atom. The first-order valence-corrected chi connectivity index (χ1v) is 7.50. The molecular formula is C15H18FN3OS. The summed E-state index contributed by atoms with van der Waals surface area (Å²) in [6.07, 6.45) is 3.76. The van der Waals surface area contributed by atoms with Gasteiger partial charge in [-0.25, -0.2) is 9.37 Å². The lowest BCUT2D eigenvalue weighted by atomic mass is 9.79. The third kappa shape index (κ3) is 2.78. The first kappa shape index (κ1) is 14.4. The van der Waals surface area contributed by atoms with Gasteiger partial charge in [-0.05, 0) is 54.6 Å². The summed E-state index contributed by atoms with van der Waals surface area (Å²) in [6, 6.07) is 6.06. The molecule has 0 amide bonds. The predicted molar refractivity (Wildman–Crippen MR) is 79.6 cm³/mol. The molecule has 1 fully saturated rings. The summed E-state index contributed by atoms with van der Waals surface area (Å²) in [6.45, 7) is 2.33. The van der Waals surface area contributed by atoms with Gasteiger partial charge in [-0.15, -0.1) is 0 Å². The van der Waals surface area contributed by atoms with Crippen LogP contribution in [0.5, 0.6) is 0 Å². The van der Waals surface area contributed by atoms with Crippen molar-refractivity contribution in [2.75, 3.05) is 0 Å². The van der Waals surface area contributed by atoms with Gasteiger partial charge in [0.2, 0.25) is 4.77 Å². The molecule has 2 N–H and O–H groups in total. The van der Waals surface area contributed by atoms with Crippen molar-refractivity contribution in [3.63, 3.8) is 0 Å². The Balaban J connectivity index is 1.99. The molecule has 0 aliphatic heterocycles.